The van der Waals surface area contributed by atoms with Gasteiger partial charge in [0.25, 0.3) is 0 Å². The lowest BCUT2D eigenvalue weighted by atomic mass is 9.41. The lowest BCUT2D eigenvalue weighted by Crippen LogP contribution is -2.80. The van der Waals surface area contributed by atoms with Gasteiger partial charge in [-0.05, 0) is 25.5 Å². The van der Waals surface area contributed by atoms with Crippen LogP contribution in [0.3, 0.4) is 0 Å². The number of aliphatic hydroxyl groups is 5. The van der Waals surface area contributed by atoms with Crippen LogP contribution in [0.4, 0.5) is 0 Å². The summed E-state index contributed by atoms with van der Waals surface area (Å²) in [6.45, 7) is 0.985. The van der Waals surface area contributed by atoms with Crippen LogP contribution in [-0.2, 0) is 23.7 Å². The molecule has 8 rings (SSSR count). The standard InChI is InChI=1S/C23H28O11/c1-20-9-22(29)13-7-23(20,32-18-16(27)15(26)14(25)12(8-24)31-18)21(13,19(33-20)34-22)10-30-17(28)11-5-3-2-4-6-11/h2-6,12-16,18-19,24-27,29H,7-10H2,1H3/t12-,13+,14-,15+,16-,18+,19+,20+,21?,22-,23-/m1/s1. The number of hydrogen-bond donors (Lipinski definition) is 5. The molecule has 1 aromatic rings. The fourth-order valence-electron chi connectivity index (χ4n) is 6.87. The van der Waals surface area contributed by atoms with Crippen molar-refractivity contribution in [3.63, 3.8) is 0 Å². The van der Waals surface area contributed by atoms with Gasteiger partial charge in [0.05, 0.1) is 17.6 Å². The van der Waals surface area contributed by atoms with Crippen LogP contribution in [0.25, 0.3) is 0 Å². The van der Waals surface area contributed by atoms with Gasteiger partial charge in [0.1, 0.15) is 42.2 Å². The van der Waals surface area contributed by atoms with Crippen molar-refractivity contribution in [1.29, 1.82) is 0 Å². The average molecular weight is 480 g/mol. The van der Waals surface area contributed by atoms with E-state index in [0.717, 1.165) is 0 Å². The summed E-state index contributed by atoms with van der Waals surface area (Å²) in [5.41, 5.74) is -2.99. The maximum Gasteiger partial charge on any atom is 0.338 e. The zero-order valence-electron chi connectivity index (χ0n) is 18.4. The zero-order chi connectivity index (χ0) is 24.1. The Morgan fingerprint density at radius 3 is 2.56 bits per heavy atom. The molecule has 3 aliphatic carbocycles. The van der Waals surface area contributed by atoms with Crippen molar-refractivity contribution in [3.8, 4) is 0 Å². The maximum absolute atomic E-state index is 12.7. The molecule has 0 aromatic heterocycles. The number of esters is 1. The molecule has 4 saturated heterocycles. The first-order valence-electron chi connectivity index (χ1n) is 11.4. The predicted molar refractivity (Wildman–Crippen MR) is 109 cm³/mol. The van der Waals surface area contributed by atoms with Crippen LogP contribution < -0.4 is 0 Å². The molecule has 11 nitrogen and oxygen atoms in total. The number of rotatable bonds is 6. The van der Waals surface area contributed by atoms with Gasteiger partial charge in [-0.2, -0.15) is 0 Å². The largest absolute Gasteiger partial charge is 0.461 e. The number of carbonyl (C=O) groups excluding carboxylic acids is 1. The first-order valence-corrected chi connectivity index (χ1v) is 11.4. The van der Waals surface area contributed by atoms with Crippen LogP contribution in [0, 0.1) is 11.3 Å². The van der Waals surface area contributed by atoms with Crippen LogP contribution in [0.5, 0.6) is 0 Å². The van der Waals surface area contributed by atoms with Crippen molar-refractivity contribution in [2.75, 3.05) is 13.2 Å². The lowest BCUT2D eigenvalue weighted by molar-refractivity contribution is -0.424. The van der Waals surface area contributed by atoms with Crippen LogP contribution in [-0.4, -0.2) is 98.7 Å². The van der Waals surface area contributed by atoms with Crippen LogP contribution in [0.15, 0.2) is 30.3 Å². The average Bonchev–Trinajstić information content (AvgIpc) is 3.00. The van der Waals surface area contributed by atoms with Gasteiger partial charge in [-0.15, -0.1) is 0 Å². The molecule has 3 saturated carbocycles. The second kappa shape index (κ2) is 7.19. The molecule has 6 bridgehead atoms. The van der Waals surface area contributed by atoms with E-state index in [1.165, 1.54) is 0 Å². The van der Waals surface area contributed by atoms with Gasteiger partial charge in [-0.25, -0.2) is 4.79 Å². The second-order valence-electron chi connectivity index (χ2n) is 10.2. The third kappa shape index (κ3) is 2.59. The minimum atomic E-state index is -1.61. The summed E-state index contributed by atoms with van der Waals surface area (Å²) in [4.78, 5) is 12.7. The molecule has 7 aliphatic rings. The molecule has 11 atom stereocenters. The normalized spacial score (nSPS) is 52.5. The van der Waals surface area contributed by atoms with Crippen LogP contribution in [0.2, 0.25) is 0 Å². The highest BCUT2D eigenvalue weighted by Crippen LogP contribution is 2.81. The molecule has 7 fully saturated rings. The summed E-state index contributed by atoms with van der Waals surface area (Å²) in [6.07, 6.45) is -7.87. The van der Waals surface area contributed by atoms with Crippen molar-refractivity contribution in [2.45, 2.75) is 73.8 Å². The smallest absolute Gasteiger partial charge is 0.338 e. The first kappa shape index (κ1) is 22.8. The molecule has 11 heteroatoms. The van der Waals surface area contributed by atoms with Crippen molar-refractivity contribution in [2.24, 2.45) is 11.3 Å². The molecule has 4 aliphatic heterocycles. The van der Waals surface area contributed by atoms with E-state index in [1.807, 2.05) is 0 Å². The van der Waals surface area contributed by atoms with Crippen molar-refractivity contribution >= 4 is 5.97 Å². The number of ether oxygens (including phenoxy) is 5. The summed E-state index contributed by atoms with van der Waals surface area (Å²) in [5.74, 6) is -2.49. The SMILES string of the molecule is C[C@@]12C[C@@]3(O)O[C@H](O1)C1(COC(=O)c4ccccc4)[C@@H]3C[C@]12O[C@@H]1O[C@H](CO)[C@@H](O)[C@H](O)[C@H]1O. The summed E-state index contributed by atoms with van der Waals surface area (Å²) >= 11 is 0. The highest BCUT2D eigenvalue weighted by Gasteiger charge is 2.94. The minimum Gasteiger partial charge on any atom is -0.461 e. The van der Waals surface area contributed by atoms with E-state index >= 15 is 0 Å². The molecule has 1 unspecified atom stereocenters. The van der Waals surface area contributed by atoms with Crippen molar-refractivity contribution in [1.82, 2.24) is 0 Å². The Morgan fingerprint density at radius 1 is 1.12 bits per heavy atom. The Labute approximate surface area is 194 Å². The van der Waals surface area contributed by atoms with Gasteiger partial charge in [-0.3, -0.25) is 0 Å². The molecule has 5 N–H and O–H groups in total. The fraction of sp³-hybridized carbons (Fsp3) is 0.696. The van der Waals surface area contributed by atoms with Crippen LogP contribution >= 0.6 is 0 Å². The fourth-order valence-corrected chi connectivity index (χ4v) is 6.87. The number of hydrogen-bond acceptors (Lipinski definition) is 11. The Hall–Kier alpha value is -1.67. The molecule has 0 radical (unpaired) electrons. The first-order chi connectivity index (χ1) is 16.1. The Balaban J connectivity index is 1.32. The maximum atomic E-state index is 12.7. The van der Waals surface area contributed by atoms with Gasteiger partial charge >= 0.3 is 5.97 Å². The Kier molecular flexibility index (Phi) is 4.81. The van der Waals surface area contributed by atoms with E-state index < -0.39 is 77.9 Å². The number of benzene rings is 1. The summed E-state index contributed by atoms with van der Waals surface area (Å²) in [6, 6.07) is 8.47. The van der Waals surface area contributed by atoms with Gasteiger partial charge in [0, 0.05) is 12.3 Å². The summed E-state index contributed by atoms with van der Waals surface area (Å²) < 4.78 is 29.7. The third-order valence-electron chi connectivity index (χ3n) is 8.57. The molecule has 1 aromatic carbocycles. The van der Waals surface area contributed by atoms with E-state index in [-0.39, 0.29) is 19.4 Å². The highest BCUT2D eigenvalue weighted by atomic mass is 16.8. The molecule has 34 heavy (non-hydrogen) atoms. The lowest BCUT2D eigenvalue weighted by Gasteiger charge is -2.67. The second-order valence-corrected chi connectivity index (χ2v) is 10.2. The Bertz CT molecular complexity index is 988. The van der Waals surface area contributed by atoms with E-state index in [4.69, 9.17) is 23.7 Å². The van der Waals surface area contributed by atoms with E-state index in [1.54, 1.807) is 37.3 Å². The van der Waals surface area contributed by atoms with Gasteiger partial charge in [-0.1, -0.05) is 18.2 Å². The number of aliphatic hydroxyl groups excluding tert-OH is 4. The topological polar surface area (TPSA) is 164 Å². The van der Waals surface area contributed by atoms with Gasteiger partial charge < -0.3 is 49.2 Å². The van der Waals surface area contributed by atoms with Gasteiger partial charge in [0.2, 0.25) is 0 Å². The molecule has 0 spiro atoms. The van der Waals surface area contributed by atoms with Gasteiger partial charge in [0.15, 0.2) is 18.4 Å². The summed E-state index contributed by atoms with van der Waals surface area (Å²) in [5, 5.41) is 51.7. The molecule has 4 heterocycles. The van der Waals surface area contributed by atoms with E-state index in [0.29, 0.717) is 5.56 Å². The highest BCUT2D eigenvalue weighted by molar-refractivity contribution is 5.89. The molecule has 186 valence electrons. The zero-order valence-corrected chi connectivity index (χ0v) is 18.4. The van der Waals surface area contributed by atoms with Crippen LogP contribution in [0.1, 0.15) is 30.1 Å². The van der Waals surface area contributed by atoms with Crippen molar-refractivity contribution in [3.05, 3.63) is 35.9 Å². The van der Waals surface area contributed by atoms with E-state index in [2.05, 4.69) is 0 Å². The third-order valence-corrected chi connectivity index (χ3v) is 8.57. The molecule has 0 amide bonds. The minimum absolute atomic E-state index is 0.0902. The monoisotopic (exact) mass is 480 g/mol. The summed E-state index contributed by atoms with van der Waals surface area (Å²) in [7, 11) is 0. The number of carbonyl (C=O) groups is 1. The molecular formula is C23H28O11. The van der Waals surface area contributed by atoms with Crippen molar-refractivity contribution < 1.29 is 54.0 Å². The Morgan fingerprint density at radius 2 is 1.85 bits per heavy atom. The predicted octanol–water partition coefficient (Wildman–Crippen LogP) is -1.36. The van der Waals surface area contributed by atoms with E-state index in [9.17, 15) is 30.3 Å². The molecular weight excluding hydrogens is 452 g/mol. The quantitative estimate of drug-likeness (QED) is 0.306.